The van der Waals surface area contributed by atoms with E-state index in [1.807, 2.05) is 0 Å². The third-order valence-electron chi connectivity index (χ3n) is 5.81. The number of halogens is 5. The molecular weight excluding hydrogens is 378 g/mol. The number of hydrogen-bond donors (Lipinski definition) is 2. The highest BCUT2D eigenvalue weighted by atomic mass is 35.5. The van der Waals surface area contributed by atoms with Gasteiger partial charge in [-0.2, -0.15) is 13.2 Å². The number of nitrogens with one attached hydrogen (secondary N) is 2. The fourth-order valence-corrected chi connectivity index (χ4v) is 4.58. The van der Waals surface area contributed by atoms with Crippen molar-refractivity contribution in [2.24, 2.45) is 17.3 Å². The van der Waals surface area contributed by atoms with E-state index in [1.165, 1.54) is 11.3 Å². The van der Waals surface area contributed by atoms with Gasteiger partial charge in [-0.05, 0) is 44.2 Å². The number of hydrogen-bond acceptors (Lipinski definition) is 3. The first-order valence-corrected chi connectivity index (χ1v) is 8.67. The maximum Gasteiger partial charge on any atom is 0.401 e. The summed E-state index contributed by atoms with van der Waals surface area (Å²) in [4.78, 5) is 14.2. The first-order chi connectivity index (χ1) is 10.9. The lowest BCUT2D eigenvalue weighted by atomic mass is 9.67. The molecule has 0 bridgehead atoms. The van der Waals surface area contributed by atoms with Gasteiger partial charge in [-0.1, -0.05) is 12.8 Å². The Kier molecular flexibility index (Phi) is 8.31. The predicted octanol–water partition coefficient (Wildman–Crippen LogP) is 2.61. The quantitative estimate of drug-likeness (QED) is 0.755. The van der Waals surface area contributed by atoms with Gasteiger partial charge in [0.15, 0.2) is 0 Å². The Morgan fingerprint density at radius 3 is 2.72 bits per heavy atom. The zero-order valence-corrected chi connectivity index (χ0v) is 15.9. The molecule has 0 aromatic carbocycles. The molecule has 2 N–H and O–H groups in total. The zero-order chi connectivity index (χ0) is 16.5. The molecule has 3 aliphatic rings. The molecule has 9 heteroatoms. The van der Waals surface area contributed by atoms with E-state index >= 15 is 0 Å². The molecule has 0 aromatic heterocycles. The highest BCUT2D eigenvalue weighted by Gasteiger charge is 2.49. The van der Waals surface area contributed by atoms with Crippen LogP contribution >= 0.6 is 24.8 Å². The fourth-order valence-electron chi connectivity index (χ4n) is 4.58. The highest BCUT2D eigenvalue weighted by Crippen LogP contribution is 2.43. The maximum absolute atomic E-state index is 12.7. The Balaban J connectivity index is 0.00000156. The van der Waals surface area contributed by atoms with Crippen LogP contribution in [0.3, 0.4) is 0 Å². The monoisotopic (exact) mass is 405 g/mol. The Morgan fingerprint density at radius 2 is 2.00 bits per heavy atom. The van der Waals surface area contributed by atoms with Gasteiger partial charge in [-0.25, -0.2) is 0 Å². The smallest absolute Gasteiger partial charge is 0.355 e. The van der Waals surface area contributed by atoms with E-state index in [-0.39, 0.29) is 42.1 Å². The second-order valence-corrected chi connectivity index (χ2v) is 7.44. The number of likely N-dealkylation sites (tertiary alicyclic amines) is 1. The molecule has 3 rings (SSSR count). The van der Waals surface area contributed by atoms with Crippen molar-refractivity contribution in [1.29, 1.82) is 0 Å². The Hall–Kier alpha value is -0.240. The van der Waals surface area contributed by atoms with Crippen LogP contribution in [0.4, 0.5) is 13.2 Å². The summed E-state index contributed by atoms with van der Waals surface area (Å²) in [6.45, 7) is 2.21. The first-order valence-electron chi connectivity index (χ1n) is 8.67. The molecule has 148 valence electrons. The maximum atomic E-state index is 12.7. The van der Waals surface area contributed by atoms with Crippen LogP contribution in [0.2, 0.25) is 0 Å². The standard InChI is InChI=1S/C16H26F3N3O.2ClH/c17-16(18,19)11-22-6-4-12(9-22)7-21-14(23)15-5-2-1-3-13(15)8-20-10-15;;/h12-13,20H,1-11H2,(H,21,23);2*1H/t12?,13-,15+;;/m0../s1. The summed E-state index contributed by atoms with van der Waals surface area (Å²) in [5.41, 5.74) is -0.275. The van der Waals surface area contributed by atoms with Gasteiger partial charge in [0.1, 0.15) is 0 Å². The Labute approximate surface area is 159 Å². The van der Waals surface area contributed by atoms with Crippen LogP contribution in [-0.2, 0) is 4.79 Å². The van der Waals surface area contributed by atoms with Crippen LogP contribution in [0, 0.1) is 17.3 Å². The molecule has 2 heterocycles. The molecule has 25 heavy (non-hydrogen) atoms. The summed E-state index contributed by atoms with van der Waals surface area (Å²) in [5, 5.41) is 6.41. The molecular formula is C16H28Cl2F3N3O. The summed E-state index contributed by atoms with van der Waals surface area (Å²) in [7, 11) is 0. The summed E-state index contributed by atoms with van der Waals surface area (Å²) in [6, 6.07) is 0. The van der Waals surface area contributed by atoms with E-state index in [1.54, 1.807) is 0 Å². The minimum atomic E-state index is -4.14. The van der Waals surface area contributed by atoms with Gasteiger partial charge in [0.2, 0.25) is 5.91 Å². The largest absolute Gasteiger partial charge is 0.401 e. The van der Waals surface area contributed by atoms with Crippen molar-refractivity contribution >= 4 is 30.7 Å². The fraction of sp³-hybridized carbons (Fsp3) is 0.938. The molecule has 4 nitrogen and oxygen atoms in total. The molecule has 2 saturated heterocycles. The van der Waals surface area contributed by atoms with Crippen LogP contribution in [-0.4, -0.2) is 56.3 Å². The number of nitrogens with zero attached hydrogens (tertiary/aromatic N) is 1. The summed E-state index contributed by atoms with van der Waals surface area (Å²) in [6.07, 6.45) is 0.905. The van der Waals surface area contributed by atoms with Crippen LogP contribution in [0.25, 0.3) is 0 Å². The number of carbonyl (C=O) groups is 1. The average Bonchev–Trinajstić information content (AvgIpc) is 3.10. The Bertz CT molecular complexity index is 453. The van der Waals surface area contributed by atoms with Crippen LogP contribution in [0.15, 0.2) is 0 Å². The molecule has 0 aromatic rings. The zero-order valence-electron chi connectivity index (χ0n) is 14.2. The molecule has 3 atom stereocenters. The van der Waals surface area contributed by atoms with Gasteiger partial charge in [-0.15, -0.1) is 24.8 Å². The molecule has 0 spiro atoms. The molecule has 1 aliphatic carbocycles. The summed E-state index contributed by atoms with van der Waals surface area (Å²) in [5.74, 6) is 0.664. The van der Waals surface area contributed by atoms with Gasteiger partial charge < -0.3 is 10.6 Å². The lowest BCUT2D eigenvalue weighted by Gasteiger charge is -2.37. The molecule has 1 saturated carbocycles. The number of amides is 1. The van der Waals surface area contributed by atoms with Gasteiger partial charge in [0, 0.05) is 19.6 Å². The molecule has 3 fully saturated rings. The molecule has 2 aliphatic heterocycles. The third kappa shape index (κ3) is 5.37. The first kappa shape index (κ1) is 22.8. The highest BCUT2D eigenvalue weighted by molar-refractivity contribution is 5.85. The second kappa shape index (κ2) is 9.11. The van der Waals surface area contributed by atoms with Crippen molar-refractivity contribution in [3.8, 4) is 0 Å². The molecule has 0 radical (unpaired) electrons. The van der Waals surface area contributed by atoms with Crippen molar-refractivity contribution in [1.82, 2.24) is 15.5 Å². The van der Waals surface area contributed by atoms with Gasteiger partial charge in [0.25, 0.3) is 0 Å². The van der Waals surface area contributed by atoms with Crippen LogP contribution in [0.5, 0.6) is 0 Å². The number of alkyl halides is 3. The van der Waals surface area contributed by atoms with E-state index in [9.17, 15) is 18.0 Å². The average molecular weight is 406 g/mol. The van der Waals surface area contributed by atoms with E-state index < -0.39 is 12.7 Å². The van der Waals surface area contributed by atoms with E-state index in [0.29, 0.717) is 25.6 Å². The predicted molar refractivity (Wildman–Crippen MR) is 95.4 cm³/mol. The number of rotatable bonds is 4. The summed E-state index contributed by atoms with van der Waals surface area (Å²) >= 11 is 0. The minimum Gasteiger partial charge on any atom is -0.355 e. The van der Waals surface area contributed by atoms with Crippen LogP contribution < -0.4 is 10.6 Å². The third-order valence-corrected chi connectivity index (χ3v) is 5.81. The van der Waals surface area contributed by atoms with Crippen molar-refractivity contribution in [2.45, 2.75) is 38.3 Å². The normalized spacial score (nSPS) is 32.4. The summed E-state index contributed by atoms with van der Waals surface area (Å²) < 4.78 is 37.3. The lowest BCUT2D eigenvalue weighted by molar-refractivity contribution is -0.144. The van der Waals surface area contributed by atoms with E-state index in [2.05, 4.69) is 10.6 Å². The SMILES string of the molecule is Cl.Cl.O=C(NCC1CCN(CC(F)(F)F)C1)[C@@]12CCCC[C@H]1CNC2. The van der Waals surface area contributed by atoms with Crippen molar-refractivity contribution in [3.63, 3.8) is 0 Å². The minimum absolute atomic E-state index is 0. The molecule has 1 unspecified atom stereocenters. The number of carbonyl (C=O) groups excluding carboxylic acids is 1. The Morgan fingerprint density at radius 1 is 1.24 bits per heavy atom. The van der Waals surface area contributed by atoms with E-state index in [4.69, 9.17) is 0 Å². The van der Waals surface area contributed by atoms with Gasteiger partial charge in [-0.3, -0.25) is 9.69 Å². The van der Waals surface area contributed by atoms with Gasteiger partial charge in [0.05, 0.1) is 12.0 Å². The number of fused-ring (bicyclic) bond motifs is 1. The van der Waals surface area contributed by atoms with E-state index in [0.717, 1.165) is 38.8 Å². The van der Waals surface area contributed by atoms with Gasteiger partial charge >= 0.3 is 6.18 Å². The van der Waals surface area contributed by atoms with Crippen molar-refractivity contribution < 1.29 is 18.0 Å². The van der Waals surface area contributed by atoms with Crippen molar-refractivity contribution in [2.75, 3.05) is 39.3 Å². The lowest BCUT2D eigenvalue weighted by Crippen LogP contribution is -2.49. The molecule has 1 amide bonds. The van der Waals surface area contributed by atoms with Crippen LogP contribution in [0.1, 0.15) is 32.1 Å². The topological polar surface area (TPSA) is 44.4 Å². The van der Waals surface area contributed by atoms with Crippen molar-refractivity contribution in [3.05, 3.63) is 0 Å². The second-order valence-electron chi connectivity index (χ2n) is 7.44.